The molecule has 0 radical (unpaired) electrons. The summed E-state index contributed by atoms with van der Waals surface area (Å²) < 4.78 is 13.8. The third-order valence-corrected chi connectivity index (χ3v) is 3.53. The third kappa shape index (κ3) is 3.69. The van der Waals surface area contributed by atoms with Gasteiger partial charge in [0.25, 0.3) is 5.91 Å². The molecule has 21 heavy (non-hydrogen) atoms. The standard InChI is InChI=1S/C14H19FN4O2/c1-10-2-3-11(12(15)8-10)14(20)19-6-4-18(5-7-19)9-13(16)17-21/h2-3,8,21H,4-7,9H2,1H3,(H2,16,17). The number of benzene rings is 1. The van der Waals surface area contributed by atoms with Gasteiger partial charge < -0.3 is 15.8 Å². The summed E-state index contributed by atoms with van der Waals surface area (Å²) >= 11 is 0. The van der Waals surface area contributed by atoms with Gasteiger partial charge in [0.2, 0.25) is 0 Å². The molecule has 1 amide bonds. The van der Waals surface area contributed by atoms with Crippen LogP contribution in [0.1, 0.15) is 15.9 Å². The molecule has 1 aromatic carbocycles. The number of piperazine rings is 1. The monoisotopic (exact) mass is 294 g/mol. The first-order valence-corrected chi connectivity index (χ1v) is 6.75. The fourth-order valence-electron chi connectivity index (χ4n) is 2.33. The molecule has 3 N–H and O–H groups in total. The van der Waals surface area contributed by atoms with Crippen LogP contribution in [0.25, 0.3) is 0 Å². The fraction of sp³-hybridized carbons (Fsp3) is 0.429. The molecule has 1 aliphatic heterocycles. The molecule has 2 rings (SSSR count). The van der Waals surface area contributed by atoms with Crippen molar-refractivity contribution in [2.75, 3.05) is 32.7 Å². The minimum atomic E-state index is -0.487. The number of oxime groups is 1. The molecule has 1 fully saturated rings. The number of carbonyl (C=O) groups is 1. The predicted molar refractivity (Wildman–Crippen MR) is 76.9 cm³/mol. The average molecular weight is 294 g/mol. The molecule has 0 spiro atoms. The highest BCUT2D eigenvalue weighted by atomic mass is 19.1. The van der Waals surface area contributed by atoms with E-state index in [0.717, 1.165) is 5.56 Å². The van der Waals surface area contributed by atoms with Gasteiger partial charge in [-0.1, -0.05) is 11.2 Å². The van der Waals surface area contributed by atoms with E-state index in [4.69, 9.17) is 10.9 Å². The highest BCUT2D eigenvalue weighted by molar-refractivity contribution is 5.94. The summed E-state index contributed by atoms with van der Waals surface area (Å²) in [5.74, 6) is -0.644. The molecule has 0 atom stereocenters. The van der Waals surface area contributed by atoms with E-state index in [0.29, 0.717) is 32.7 Å². The van der Waals surface area contributed by atoms with Gasteiger partial charge in [0, 0.05) is 26.2 Å². The van der Waals surface area contributed by atoms with Crippen molar-refractivity contribution in [3.05, 3.63) is 35.1 Å². The Labute approximate surface area is 122 Å². The molecular formula is C14H19FN4O2. The maximum atomic E-state index is 13.8. The smallest absolute Gasteiger partial charge is 0.256 e. The van der Waals surface area contributed by atoms with Gasteiger partial charge >= 0.3 is 0 Å². The number of aryl methyl sites for hydroxylation is 1. The Morgan fingerprint density at radius 1 is 1.38 bits per heavy atom. The van der Waals surface area contributed by atoms with Crippen LogP contribution in [-0.4, -0.2) is 59.5 Å². The predicted octanol–water partition coefficient (Wildman–Crippen LogP) is 0.638. The second-order valence-corrected chi connectivity index (χ2v) is 5.14. The molecule has 0 aromatic heterocycles. The maximum Gasteiger partial charge on any atom is 0.256 e. The average Bonchev–Trinajstić information content (AvgIpc) is 2.47. The molecule has 0 aliphatic carbocycles. The number of rotatable bonds is 3. The van der Waals surface area contributed by atoms with Gasteiger partial charge in [-0.05, 0) is 24.6 Å². The van der Waals surface area contributed by atoms with Crippen LogP contribution in [0.5, 0.6) is 0 Å². The summed E-state index contributed by atoms with van der Waals surface area (Å²) in [5, 5.41) is 11.5. The van der Waals surface area contributed by atoms with Crippen LogP contribution in [0.3, 0.4) is 0 Å². The van der Waals surface area contributed by atoms with Crippen molar-refractivity contribution < 1.29 is 14.4 Å². The number of halogens is 1. The lowest BCUT2D eigenvalue weighted by Crippen LogP contribution is -2.50. The summed E-state index contributed by atoms with van der Waals surface area (Å²) in [7, 11) is 0. The van der Waals surface area contributed by atoms with Crippen LogP contribution in [-0.2, 0) is 0 Å². The van der Waals surface area contributed by atoms with Crippen LogP contribution >= 0.6 is 0 Å². The highest BCUT2D eigenvalue weighted by Crippen LogP contribution is 2.14. The molecule has 6 nitrogen and oxygen atoms in total. The van der Waals surface area contributed by atoms with Gasteiger partial charge in [-0.3, -0.25) is 9.69 Å². The molecular weight excluding hydrogens is 275 g/mol. The number of hydrogen-bond donors (Lipinski definition) is 2. The highest BCUT2D eigenvalue weighted by Gasteiger charge is 2.24. The Morgan fingerprint density at radius 2 is 2.05 bits per heavy atom. The minimum Gasteiger partial charge on any atom is -0.409 e. The van der Waals surface area contributed by atoms with Gasteiger partial charge in [-0.2, -0.15) is 0 Å². The van der Waals surface area contributed by atoms with Crippen LogP contribution in [0, 0.1) is 12.7 Å². The second-order valence-electron chi connectivity index (χ2n) is 5.14. The lowest BCUT2D eigenvalue weighted by atomic mass is 10.1. The van der Waals surface area contributed by atoms with Crippen LogP contribution in [0.2, 0.25) is 0 Å². The Balaban J connectivity index is 1.97. The molecule has 0 bridgehead atoms. The van der Waals surface area contributed by atoms with Crippen molar-refractivity contribution in [3.63, 3.8) is 0 Å². The van der Waals surface area contributed by atoms with E-state index in [2.05, 4.69) is 5.16 Å². The van der Waals surface area contributed by atoms with Crippen molar-refractivity contribution in [2.24, 2.45) is 10.9 Å². The lowest BCUT2D eigenvalue weighted by molar-refractivity contribution is 0.0648. The van der Waals surface area contributed by atoms with E-state index < -0.39 is 5.82 Å². The first-order chi connectivity index (χ1) is 10.0. The topological polar surface area (TPSA) is 82.2 Å². The molecule has 0 saturated carbocycles. The summed E-state index contributed by atoms with van der Waals surface area (Å²) in [6.45, 7) is 4.33. The zero-order valence-electron chi connectivity index (χ0n) is 11.9. The molecule has 7 heteroatoms. The normalized spacial score (nSPS) is 17.0. The van der Waals surface area contributed by atoms with E-state index in [1.54, 1.807) is 17.9 Å². The van der Waals surface area contributed by atoms with Gasteiger partial charge in [-0.25, -0.2) is 4.39 Å². The first kappa shape index (κ1) is 15.2. The second kappa shape index (κ2) is 6.53. The molecule has 114 valence electrons. The van der Waals surface area contributed by atoms with Crippen LogP contribution < -0.4 is 5.73 Å². The lowest BCUT2D eigenvalue weighted by Gasteiger charge is -2.34. The van der Waals surface area contributed by atoms with E-state index in [-0.39, 0.29) is 17.3 Å². The summed E-state index contributed by atoms with van der Waals surface area (Å²) in [4.78, 5) is 15.9. The zero-order chi connectivity index (χ0) is 15.4. The third-order valence-electron chi connectivity index (χ3n) is 3.53. The van der Waals surface area contributed by atoms with Crippen molar-refractivity contribution in [1.82, 2.24) is 9.80 Å². The largest absolute Gasteiger partial charge is 0.409 e. The van der Waals surface area contributed by atoms with Gasteiger partial charge in [0.05, 0.1) is 12.1 Å². The maximum absolute atomic E-state index is 13.8. The number of amidine groups is 1. The van der Waals surface area contributed by atoms with E-state index in [9.17, 15) is 9.18 Å². The molecule has 1 saturated heterocycles. The number of hydrogen-bond acceptors (Lipinski definition) is 4. The zero-order valence-corrected chi connectivity index (χ0v) is 11.9. The van der Waals surface area contributed by atoms with Crippen LogP contribution in [0.15, 0.2) is 23.4 Å². The fourth-order valence-corrected chi connectivity index (χ4v) is 2.33. The first-order valence-electron chi connectivity index (χ1n) is 6.75. The van der Waals surface area contributed by atoms with Crippen molar-refractivity contribution in [3.8, 4) is 0 Å². The number of amides is 1. The van der Waals surface area contributed by atoms with Gasteiger partial charge in [0.15, 0.2) is 5.84 Å². The van der Waals surface area contributed by atoms with Gasteiger partial charge in [0.1, 0.15) is 5.82 Å². The van der Waals surface area contributed by atoms with Crippen LogP contribution in [0.4, 0.5) is 4.39 Å². The van der Waals surface area contributed by atoms with Crippen molar-refractivity contribution in [2.45, 2.75) is 6.92 Å². The molecule has 1 aromatic rings. The van der Waals surface area contributed by atoms with E-state index in [1.807, 2.05) is 4.90 Å². The van der Waals surface area contributed by atoms with E-state index >= 15 is 0 Å². The van der Waals surface area contributed by atoms with Crippen molar-refractivity contribution >= 4 is 11.7 Å². The SMILES string of the molecule is Cc1ccc(C(=O)N2CCN(C/C(N)=N/O)CC2)c(F)c1. The van der Waals surface area contributed by atoms with Gasteiger partial charge in [-0.15, -0.1) is 0 Å². The number of nitrogens with two attached hydrogens (primary N) is 1. The summed E-state index contributed by atoms with van der Waals surface area (Å²) in [6, 6.07) is 4.61. The minimum absolute atomic E-state index is 0.102. The number of nitrogens with zero attached hydrogens (tertiary/aromatic N) is 3. The Bertz CT molecular complexity index is 554. The Morgan fingerprint density at radius 3 is 2.62 bits per heavy atom. The van der Waals surface area contributed by atoms with E-state index in [1.165, 1.54) is 12.1 Å². The summed E-state index contributed by atoms with van der Waals surface area (Å²) in [6.07, 6.45) is 0. The van der Waals surface area contributed by atoms with Crippen molar-refractivity contribution in [1.29, 1.82) is 0 Å². The molecule has 1 heterocycles. The number of carbonyl (C=O) groups excluding carboxylic acids is 1. The Kier molecular flexibility index (Phi) is 4.74. The molecule has 0 unspecified atom stereocenters. The molecule has 1 aliphatic rings. The quantitative estimate of drug-likeness (QED) is 0.371. The Hall–Kier alpha value is -2.15. The summed E-state index contributed by atoms with van der Waals surface area (Å²) in [5.41, 5.74) is 6.34.